The first kappa shape index (κ1) is 13.3. The summed E-state index contributed by atoms with van der Waals surface area (Å²) in [4.78, 5) is 0. The fraction of sp³-hybridized carbons (Fsp3) is 0.200. The van der Waals surface area contributed by atoms with Gasteiger partial charge in [-0.3, -0.25) is 0 Å². The van der Waals surface area contributed by atoms with Crippen LogP contribution in [0.2, 0.25) is 5.02 Å². The van der Waals surface area contributed by atoms with Gasteiger partial charge in [0.25, 0.3) is 0 Å². The topological polar surface area (TPSA) is 9.23 Å². The molecule has 3 heteroatoms. The summed E-state index contributed by atoms with van der Waals surface area (Å²) in [6.45, 7) is 2.10. The fourth-order valence-corrected chi connectivity index (χ4v) is 2.13. The maximum Gasteiger partial charge on any atom is 0.146 e. The van der Waals surface area contributed by atoms with Gasteiger partial charge in [0, 0.05) is 5.88 Å². The Labute approximate surface area is 117 Å². The number of para-hydroxylation sites is 1. The Kier molecular flexibility index (Phi) is 4.51. The van der Waals surface area contributed by atoms with Crippen molar-refractivity contribution < 1.29 is 4.74 Å². The molecule has 18 heavy (non-hydrogen) atoms. The predicted octanol–water partition coefficient (Wildman–Crippen LogP) is 5.43. The first-order valence-electron chi connectivity index (χ1n) is 5.84. The number of benzene rings is 2. The van der Waals surface area contributed by atoms with E-state index in [1.807, 2.05) is 36.4 Å². The van der Waals surface area contributed by atoms with Crippen molar-refractivity contribution in [2.45, 2.75) is 19.2 Å². The second-order valence-electron chi connectivity index (χ2n) is 3.96. The highest BCUT2D eigenvalue weighted by molar-refractivity contribution is 6.32. The summed E-state index contributed by atoms with van der Waals surface area (Å²) >= 11 is 11.9. The molecule has 0 bridgehead atoms. The summed E-state index contributed by atoms with van der Waals surface area (Å²) in [5.41, 5.74) is 2.15. The standard InChI is InChI=1S/C15H14Cl2O/c1-2-12-5-3-4-6-14(12)18-15-8-7-11(10-16)9-13(15)17/h3-9H,2,10H2,1H3. The summed E-state index contributed by atoms with van der Waals surface area (Å²) in [6, 6.07) is 13.6. The molecule has 1 nitrogen and oxygen atoms in total. The van der Waals surface area contributed by atoms with E-state index in [1.165, 1.54) is 0 Å². The summed E-state index contributed by atoms with van der Waals surface area (Å²) in [5.74, 6) is 1.96. The van der Waals surface area contributed by atoms with Gasteiger partial charge < -0.3 is 4.74 Å². The Hall–Kier alpha value is -1.18. The minimum absolute atomic E-state index is 0.450. The first-order valence-corrected chi connectivity index (χ1v) is 6.76. The molecule has 0 aromatic heterocycles. The van der Waals surface area contributed by atoms with Gasteiger partial charge in [0.1, 0.15) is 11.5 Å². The van der Waals surface area contributed by atoms with Crippen LogP contribution in [0, 0.1) is 0 Å². The Morgan fingerprint density at radius 2 is 1.83 bits per heavy atom. The Balaban J connectivity index is 2.28. The van der Waals surface area contributed by atoms with Gasteiger partial charge >= 0.3 is 0 Å². The zero-order chi connectivity index (χ0) is 13.0. The number of alkyl halides is 1. The Morgan fingerprint density at radius 1 is 1.06 bits per heavy atom. The summed E-state index contributed by atoms with van der Waals surface area (Å²) in [7, 11) is 0. The molecule has 0 aliphatic rings. The van der Waals surface area contributed by atoms with Crippen molar-refractivity contribution in [3.05, 3.63) is 58.6 Å². The smallest absolute Gasteiger partial charge is 0.146 e. The van der Waals surface area contributed by atoms with E-state index in [0.717, 1.165) is 23.3 Å². The summed E-state index contributed by atoms with van der Waals surface area (Å²) < 4.78 is 5.86. The summed E-state index contributed by atoms with van der Waals surface area (Å²) in [5, 5.41) is 0.582. The molecule has 0 aliphatic carbocycles. The summed E-state index contributed by atoms with van der Waals surface area (Å²) in [6.07, 6.45) is 0.924. The molecule has 2 aromatic rings. The van der Waals surface area contributed by atoms with Crippen molar-refractivity contribution in [3.63, 3.8) is 0 Å². The van der Waals surface area contributed by atoms with Crippen molar-refractivity contribution in [3.8, 4) is 11.5 Å². The van der Waals surface area contributed by atoms with Gasteiger partial charge in [0.05, 0.1) is 5.02 Å². The van der Waals surface area contributed by atoms with E-state index in [2.05, 4.69) is 13.0 Å². The first-order chi connectivity index (χ1) is 8.74. The van der Waals surface area contributed by atoms with Gasteiger partial charge in [-0.15, -0.1) is 11.6 Å². The average Bonchev–Trinajstić information content (AvgIpc) is 2.41. The van der Waals surface area contributed by atoms with E-state index in [9.17, 15) is 0 Å². The molecule has 0 saturated heterocycles. The van der Waals surface area contributed by atoms with Crippen LogP contribution >= 0.6 is 23.2 Å². The zero-order valence-corrected chi connectivity index (χ0v) is 11.6. The highest BCUT2D eigenvalue weighted by Gasteiger charge is 2.06. The fourth-order valence-electron chi connectivity index (χ4n) is 1.72. The van der Waals surface area contributed by atoms with Gasteiger partial charge in [-0.05, 0) is 35.7 Å². The van der Waals surface area contributed by atoms with Crippen molar-refractivity contribution >= 4 is 23.2 Å². The van der Waals surface area contributed by atoms with Crippen molar-refractivity contribution in [2.75, 3.05) is 0 Å². The molecule has 0 fully saturated rings. The maximum atomic E-state index is 6.17. The van der Waals surface area contributed by atoms with Crippen LogP contribution in [-0.2, 0) is 12.3 Å². The molecule has 2 aromatic carbocycles. The molecule has 0 saturated carbocycles. The number of ether oxygens (including phenoxy) is 1. The number of hydrogen-bond donors (Lipinski definition) is 0. The molecule has 94 valence electrons. The monoisotopic (exact) mass is 280 g/mol. The lowest BCUT2D eigenvalue weighted by molar-refractivity contribution is 0.477. The molecule has 0 unspecified atom stereocenters. The third-order valence-corrected chi connectivity index (χ3v) is 3.33. The Morgan fingerprint density at radius 3 is 2.50 bits per heavy atom. The number of hydrogen-bond acceptors (Lipinski definition) is 1. The van der Waals surface area contributed by atoms with Crippen LogP contribution in [0.1, 0.15) is 18.1 Å². The molecule has 0 atom stereocenters. The number of halogens is 2. The normalized spacial score (nSPS) is 10.4. The molecular weight excluding hydrogens is 267 g/mol. The van der Waals surface area contributed by atoms with Crippen molar-refractivity contribution in [1.29, 1.82) is 0 Å². The largest absolute Gasteiger partial charge is 0.456 e. The molecular formula is C15H14Cl2O. The third-order valence-electron chi connectivity index (χ3n) is 2.72. The highest BCUT2D eigenvalue weighted by Crippen LogP contribution is 2.32. The lowest BCUT2D eigenvalue weighted by atomic mass is 10.1. The molecule has 0 N–H and O–H groups in total. The van der Waals surface area contributed by atoms with Gasteiger partial charge in [-0.1, -0.05) is 42.8 Å². The molecule has 0 spiro atoms. The average molecular weight is 281 g/mol. The zero-order valence-electron chi connectivity index (χ0n) is 10.1. The van der Waals surface area contributed by atoms with E-state index in [-0.39, 0.29) is 0 Å². The number of rotatable bonds is 4. The van der Waals surface area contributed by atoms with E-state index < -0.39 is 0 Å². The van der Waals surface area contributed by atoms with Crippen LogP contribution < -0.4 is 4.74 Å². The van der Waals surface area contributed by atoms with Crippen LogP contribution in [0.4, 0.5) is 0 Å². The predicted molar refractivity (Wildman–Crippen MR) is 76.9 cm³/mol. The second-order valence-corrected chi connectivity index (χ2v) is 4.64. The lowest BCUT2D eigenvalue weighted by Crippen LogP contribution is -1.91. The molecule has 0 radical (unpaired) electrons. The SMILES string of the molecule is CCc1ccccc1Oc1ccc(CCl)cc1Cl. The van der Waals surface area contributed by atoms with Crippen LogP contribution in [0.25, 0.3) is 0 Å². The molecule has 2 rings (SSSR count). The second kappa shape index (κ2) is 6.12. The third kappa shape index (κ3) is 2.98. The molecule has 0 amide bonds. The van der Waals surface area contributed by atoms with E-state index in [4.69, 9.17) is 27.9 Å². The van der Waals surface area contributed by atoms with E-state index in [1.54, 1.807) is 0 Å². The van der Waals surface area contributed by atoms with Crippen LogP contribution in [-0.4, -0.2) is 0 Å². The minimum Gasteiger partial charge on any atom is -0.456 e. The van der Waals surface area contributed by atoms with Crippen LogP contribution in [0.3, 0.4) is 0 Å². The highest BCUT2D eigenvalue weighted by atomic mass is 35.5. The van der Waals surface area contributed by atoms with Gasteiger partial charge in [-0.2, -0.15) is 0 Å². The van der Waals surface area contributed by atoms with Gasteiger partial charge in [0.15, 0.2) is 0 Å². The maximum absolute atomic E-state index is 6.17. The molecule has 0 aliphatic heterocycles. The van der Waals surface area contributed by atoms with Crippen molar-refractivity contribution in [2.24, 2.45) is 0 Å². The van der Waals surface area contributed by atoms with Crippen molar-refractivity contribution in [1.82, 2.24) is 0 Å². The van der Waals surface area contributed by atoms with Crippen LogP contribution in [0.15, 0.2) is 42.5 Å². The minimum atomic E-state index is 0.450. The van der Waals surface area contributed by atoms with Crippen LogP contribution in [0.5, 0.6) is 11.5 Å². The quantitative estimate of drug-likeness (QED) is 0.678. The lowest BCUT2D eigenvalue weighted by Gasteiger charge is -2.11. The van der Waals surface area contributed by atoms with E-state index >= 15 is 0 Å². The van der Waals surface area contributed by atoms with E-state index in [0.29, 0.717) is 16.7 Å². The van der Waals surface area contributed by atoms with Gasteiger partial charge in [-0.25, -0.2) is 0 Å². The van der Waals surface area contributed by atoms with Gasteiger partial charge in [0.2, 0.25) is 0 Å². The molecule has 0 heterocycles. The number of aryl methyl sites for hydroxylation is 1. The Bertz CT molecular complexity index is 538.